The van der Waals surface area contributed by atoms with Crippen molar-refractivity contribution in [3.63, 3.8) is 0 Å². The van der Waals surface area contributed by atoms with E-state index in [0.29, 0.717) is 43.1 Å². The molecule has 53 heavy (non-hydrogen) atoms. The highest BCUT2D eigenvalue weighted by Crippen LogP contribution is 2.46. The quantitative estimate of drug-likeness (QED) is 0.314. The van der Waals surface area contributed by atoms with Crippen molar-refractivity contribution >= 4 is 55.8 Å². The zero-order valence-electron chi connectivity index (χ0n) is 29.3. The molecular formula is C37H44N6O9S. The molecule has 3 aliphatic carbocycles. The number of rotatable bonds is 6. The Balaban J connectivity index is 1.12. The maximum absolute atomic E-state index is 14.5. The average Bonchev–Trinajstić information content (AvgIpc) is 3.93. The highest BCUT2D eigenvalue weighted by molar-refractivity contribution is 7.91. The van der Waals surface area contributed by atoms with Crippen molar-refractivity contribution < 1.29 is 36.7 Å². The number of furan rings is 1. The van der Waals surface area contributed by atoms with Crippen LogP contribution >= 0.6 is 0 Å². The molecule has 3 aromatic rings. The van der Waals surface area contributed by atoms with E-state index in [-0.39, 0.29) is 31.1 Å². The van der Waals surface area contributed by atoms with Crippen LogP contribution in [0.25, 0.3) is 21.9 Å². The number of alkyl carbamates (subject to hydrolysis) is 1. The maximum Gasteiger partial charge on any atom is 0.408 e. The Labute approximate surface area is 305 Å². The van der Waals surface area contributed by atoms with Crippen LogP contribution in [0.3, 0.4) is 0 Å². The molecule has 1 saturated heterocycles. The van der Waals surface area contributed by atoms with Crippen molar-refractivity contribution in [3.8, 4) is 0 Å². The Morgan fingerprint density at radius 3 is 2.55 bits per heavy atom. The third kappa shape index (κ3) is 6.93. The number of sulfonamides is 1. The molecule has 2 aliphatic heterocycles. The molecule has 16 heteroatoms. The summed E-state index contributed by atoms with van der Waals surface area (Å²) >= 11 is 0. The van der Waals surface area contributed by atoms with Gasteiger partial charge in [-0.3, -0.25) is 23.9 Å². The SMILES string of the molecule is O=C(N[C@H]1CCCCC/C=C\[C@@H]2CC2(C(=O)NS(=O)(=O)C2CC2)NC(=O)[C@@H]2CC(n3ncc4c(oc5ccccc54)c3=O)CN2C1=O)OC1CCCC1. The summed E-state index contributed by atoms with van der Waals surface area (Å²) in [5.41, 5.74) is -1.45. The van der Waals surface area contributed by atoms with Crippen molar-refractivity contribution in [1.82, 2.24) is 30.0 Å². The molecule has 0 bridgehead atoms. The third-order valence-electron chi connectivity index (χ3n) is 11.4. The number of amides is 4. The van der Waals surface area contributed by atoms with Gasteiger partial charge >= 0.3 is 11.7 Å². The molecule has 3 N–H and O–H groups in total. The first-order valence-corrected chi connectivity index (χ1v) is 20.3. The number of carbonyl (C=O) groups is 4. The molecular weight excluding hydrogens is 705 g/mol. The summed E-state index contributed by atoms with van der Waals surface area (Å²) in [6.07, 6.45) is 12.0. The average molecular weight is 749 g/mol. The molecule has 15 nitrogen and oxygen atoms in total. The van der Waals surface area contributed by atoms with Crippen LogP contribution in [-0.4, -0.2) is 82.4 Å². The topological polar surface area (TPSA) is 199 Å². The summed E-state index contributed by atoms with van der Waals surface area (Å²) in [6.45, 7) is -0.0933. The van der Waals surface area contributed by atoms with Crippen LogP contribution in [0.4, 0.5) is 4.79 Å². The van der Waals surface area contributed by atoms with Gasteiger partial charge < -0.3 is 24.7 Å². The Hall–Kier alpha value is -4.73. The number of aromatic nitrogens is 2. The van der Waals surface area contributed by atoms with Crippen molar-refractivity contribution in [2.45, 2.75) is 118 Å². The Bertz CT molecular complexity index is 2150. The Kier molecular flexibility index (Phi) is 9.27. The number of fused-ring (bicyclic) bond motifs is 5. The van der Waals surface area contributed by atoms with E-state index in [9.17, 15) is 32.4 Å². The van der Waals surface area contributed by atoms with Gasteiger partial charge in [0.2, 0.25) is 27.4 Å². The maximum atomic E-state index is 14.5. The number of hydrogen-bond donors (Lipinski definition) is 3. The lowest BCUT2D eigenvalue weighted by Gasteiger charge is -2.30. The highest BCUT2D eigenvalue weighted by Gasteiger charge is 2.62. The van der Waals surface area contributed by atoms with Gasteiger partial charge in [-0.2, -0.15) is 5.10 Å². The molecule has 2 aromatic heterocycles. The van der Waals surface area contributed by atoms with E-state index in [1.165, 1.54) is 15.8 Å². The second-order valence-corrected chi connectivity index (χ2v) is 17.1. The zero-order valence-corrected chi connectivity index (χ0v) is 30.1. The summed E-state index contributed by atoms with van der Waals surface area (Å²) in [6, 6.07) is 4.25. The molecule has 0 spiro atoms. The molecule has 0 radical (unpaired) electrons. The van der Waals surface area contributed by atoms with Crippen LogP contribution in [-0.2, 0) is 29.1 Å². The van der Waals surface area contributed by atoms with Crippen LogP contribution < -0.4 is 20.9 Å². The number of hydrogen-bond acceptors (Lipinski definition) is 10. The number of nitrogens with one attached hydrogen (secondary N) is 3. The predicted molar refractivity (Wildman–Crippen MR) is 192 cm³/mol. The minimum atomic E-state index is -3.91. The lowest BCUT2D eigenvalue weighted by atomic mass is 10.0. The van der Waals surface area contributed by atoms with Crippen molar-refractivity contribution in [2.75, 3.05) is 6.54 Å². The zero-order chi connectivity index (χ0) is 36.9. The van der Waals surface area contributed by atoms with Gasteiger partial charge in [0, 0.05) is 24.3 Å². The third-order valence-corrected chi connectivity index (χ3v) is 13.2. The first-order valence-electron chi connectivity index (χ1n) is 18.8. The largest absolute Gasteiger partial charge is 0.450 e. The summed E-state index contributed by atoms with van der Waals surface area (Å²) < 4.78 is 40.6. The summed E-state index contributed by atoms with van der Waals surface area (Å²) in [7, 11) is -3.91. The molecule has 2 unspecified atom stereocenters. The van der Waals surface area contributed by atoms with Gasteiger partial charge in [0.05, 0.1) is 22.9 Å². The molecule has 5 aliphatic rings. The summed E-state index contributed by atoms with van der Waals surface area (Å²) in [4.78, 5) is 70.9. The molecule has 282 valence electrons. The number of benzene rings is 1. The minimum Gasteiger partial charge on any atom is -0.450 e. The second kappa shape index (κ2) is 13.9. The fraction of sp³-hybridized carbons (Fsp3) is 0.568. The van der Waals surface area contributed by atoms with Gasteiger partial charge in [-0.1, -0.05) is 43.2 Å². The van der Waals surface area contributed by atoms with E-state index in [1.807, 2.05) is 24.3 Å². The summed E-state index contributed by atoms with van der Waals surface area (Å²) in [5.74, 6) is -2.46. The molecule has 5 atom stereocenters. The van der Waals surface area contributed by atoms with Crippen LogP contribution in [0.5, 0.6) is 0 Å². The van der Waals surface area contributed by atoms with Gasteiger partial charge in [0.15, 0.2) is 0 Å². The van der Waals surface area contributed by atoms with E-state index in [2.05, 4.69) is 20.5 Å². The lowest BCUT2D eigenvalue weighted by molar-refractivity contribution is -0.141. The van der Waals surface area contributed by atoms with Crippen molar-refractivity contribution in [3.05, 3.63) is 53.0 Å². The fourth-order valence-corrected chi connectivity index (χ4v) is 9.54. The Morgan fingerprint density at radius 2 is 1.75 bits per heavy atom. The monoisotopic (exact) mass is 748 g/mol. The van der Waals surface area contributed by atoms with Gasteiger partial charge in [-0.15, -0.1) is 0 Å². The standard InChI is InChI=1S/C37H44N6O9S/c44-32-29-18-23(43-34(46)31-27(20-38-43)26-13-8-9-15-30(26)52-31)21-42(29)33(45)28(39-36(48)51-24-11-6-7-12-24)14-5-3-1-2-4-10-22-19-37(22,40-32)35(47)41-53(49,50)25-16-17-25/h4,8-10,13,15,20,22-25,28-29H,1-3,5-7,11-12,14,16-19,21H2,(H,39,48)(H,40,44)(H,41,47)/b10-4-/t22-,23?,28+,29+,37?/m1/s1. The normalized spacial score (nSPS) is 29.1. The van der Waals surface area contributed by atoms with Gasteiger partial charge in [-0.25, -0.2) is 17.9 Å². The van der Waals surface area contributed by atoms with E-state index < -0.39 is 74.2 Å². The molecule has 4 amide bonds. The molecule has 3 saturated carbocycles. The van der Waals surface area contributed by atoms with Gasteiger partial charge in [0.25, 0.3) is 5.91 Å². The van der Waals surface area contributed by atoms with E-state index in [1.54, 1.807) is 12.1 Å². The van der Waals surface area contributed by atoms with Gasteiger partial charge in [0.1, 0.15) is 29.3 Å². The minimum absolute atomic E-state index is 0.0337. The highest BCUT2D eigenvalue weighted by atomic mass is 32.2. The Morgan fingerprint density at radius 1 is 0.981 bits per heavy atom. The number of carbonyl (C=O) groups excluding carboxylic acids is 4. The van der Waals surface area contributed by atoms with Crippen LogP contribution in [0.1, 0.15) is 89.5 Å². The van der Waals surface area contributed by atoms with E-state index in [0.717, 1.165) is 43.9 Å². The first-order chi connectivity index (χ1) is 25.5. The van der Waals surface area contributed by atoms with Crippen molar-refractivity contribution in [1.29, 1.82) is 0 Å². The van der Waals surface area contributed by atoms with Crippen molar-refractivity contribution in [2.24, 2.45) is 5.92 Å². The van der Waals surface area contributed by atoms with Crippen LogP contribution in [0.15, 0.2) is 51.8 Å². The van der Waals surface area contributed by atoms with Crippen LogP contribution in [0.2, 0.25) is 0 Å². The van der Waals surface area contributed by atoms with E-state index >= 15 is 0 Å². The van der Waals surface area contributed by atoms with Gasteiger partial charge in [-0.05, 0) is 70.3 Å². The predicted octanol–water partition coefficient (Wildman–Crippen LogP) is 3.33. The summed E-state index contributed by atoms with van der Waals surface area (Å²) in [5, 5.41) is 10.7. The molecule has 1 aromatic carbocycles. The van der Waals surface area contributed by atoms with Crippen LogP contribution in [0, 0.1) is 5.92 Å². The molecule has 4 fully saturated rings. The smallest absolute Gasteiger partial charge is 0.408 e. The molecule has 8 rings (SSSR count). The number of ether oxygens (including phenoxy) is 1. The molecule has 4 heterocycles. The lowest BCUT2D eigenvalue weighted by Crippen LogP contribution is -2.58. The fourth-order valence-electron chi connectivity index (χ4n) is 8.18. The first kappa shape index (κ1) is 35.3. The number of nitrogens with zero attached hydrogens (tertiary/aromatic N) is 3. The second-order valence-electron chi connectivity index (χ2n) is 15.2. The number of allylic oxidation sites excluding steroid dienone is 1. The number of para-hydroxylation sites is 1. The van der Waals surface area contributed by atoms with E-state index in [4.69, 9.17) is 9.15 Å².